The molecule has 1 aromatic rings. The summed E-state index contributed by atoms with van der Waals surface area (Å²) in [4.78, 5) is 26.6. The Kier molecular flexibility index (Phi) is 5.04. The minimum Gasteiger partial charge on any atom is -0.343 e. The molecule has 1 aromatic carbocycles. The van der Waals surface area contributed by atoms with Gasteiger partial charge < -0.3 is 10.2 Å². The summed E-state index contributed by atoms with van der Waals surface area (Å²) in [5, 5.41) is 2.83. The van der Waals surface area contributed by atoms with Crippen LogP contribution >= 0.6 is 15.9 Å². The van der Waals surface area contributed by atoms with Gasteiger partial charge in [-0.1, -0.05) is 48.8 Å². The van der Waals surface area contributed by atoms with E-state index in [2.05, 4.69) is 21.2 Å². The number of hydrogen-bond donors (Lipinski definition) is 1. The van der Waals surface area contributed by atoms with Crippen LogP contribution in [0, 0.1) is 5.92 Å². The molecule has 114 valence electrons. The van der Waals surface area contributed by atoms with Gasteiger partial charge in [-0.25, -0.2) is 0 Å². The van der Waals surface area contributed by atoms with Crippen molar-refractivity contribution in [3.8, 4) is 0 Å². The number of amides is 2. The number of piperazine rings is 1. The highest BCUT2D eigenvalue weighted by atomic mass is 79.9. The van der Waals surface area contributed by atoms with Crippen LogP contribution in [0.1, 0.15) is 32.8 Å². The molecule has 2 amide bonds. The molecular weight excluding hydrogens is 332 g/mol. The van der Waals surface area contributed by atoms with E-state index in [1.807, 2.05) is 45.0 Å². The largest absolute Gasteiger partial charge is 0.343 e. The Balaban J connectivity index is 2.29. The summed E-state index contributed by atoms with van der Waals surface area (Å²) in [7, 11) is 0. The first kappa shape index (κ1) is 16.0. The predicted octanol–water partition coefficient (Wildman–Crippen LogP) is 2.71. The molecule has 5 heteroatoms. The first-order valence-corrected chi connectivity index (χ1v) is 8.08. The summed E-state index contributed by atoms with van der Waals surface area (Å²) in [6.07, 6.45) is 0.615. The zero-order valence-corrected chi connectivity index (χ0v) is 14.2. The minimum absolute atomic E-state index is 0.00998. The predicted molar refractivity (Wildman–Crippen MR) is 85.5 cm³/mol. The van der Waals surface area contributed by atoms with Crippen LogP contribution in [-0.4, -0.2) is 28.8 Å². The van der Waals surface area contributed by atoms with Crippen LogP contribution < -0.4 is 5.32 Å². The average Bonchev–Trinajstić information content (AvgIpc) is 2.42. The molecule has 21 heavy (non-hydrogen) atoms. The third-order valence-corrected chi connectivity index (χ3v) is 4.28. The van der Waals surface area contributed by atoms with Crippen molar-refractivity contribution in [3.63, 3.8) is 0 Å². The standard InChI is InChI=1S/C16H21BrN2O2/c1-4-13-16(21)19(14(10(2)3)15(20)18-13)9-11-6-5-7-12(17)8-11/h5-8,10,13-14H,4,9H2,1-3H3,(H,18,20). The molecule has 4 nitrogen and oxygen atoms in total. The van der Waals surface area contributed by atoms with Crippen LogP contribution in [-0.2, 0) is 16.1 Å². The number of hydrogen-bond acceptors (Lipinski definition) is 2. The topological polar surface area (TPSA) is 49.4 Å². The van der Waals surface area contributed by atoms with Crippen LogP contribution in [0.4, 0.5) is 0 Å². The van der Waals surface area contributed by atoms with Crippen molar-refractivity contribution >= 4 is 27.7 Å². The second-order valence-electron chi connectivity index (χ2n) is 5.75. The maximum Gasteiger partial charge on any atom is 0.246 e. The lowest BCUT2D eigenvalue weighted by Gasteiger charge is -2.40. The quantitative estimate of drug-likeness (QED) is 0.905. The molecule has 0 aliphatic carbocycles. The summed E-state index contributed by atoms with van der Waals surface area (Å²) >= 11 is 3.44. The lowest BCUT2D eigenvalue weighted by Crippen LogP contribution is -2.64. The van der Waals surface area contributed by atoms with E-state index in [4.69, 9.17) is 0 Å². The van der Waals surface area contributed by atoms with E-state index >= 15 is 0 Å². The molecular formula is C16H21BrN2O2. The molecule has 0 bridgehead atoms. The Bertz CT molecular complexity index is 545. The fourth-order valence-electron chi connectivity index (χ4n) is 2.75. The smallest absolute Gasteiger partial charge is 0.246 e. The van der Waals surface area contributed by atoms with Gasteiger partial charge in [-0.2, -0.15) is 0 Å². The number of nitrogens with one attached hydrogen (secondary N) is 1. The van der Waals surface area contributed by atoms with E-state index in [1.54, 1.807) is 4.90 Å². The molecule has 0 saturated carbocycles. The van der Waals surface area contributed by atoms with Gasteiger partial charge in [0.05, 0.1) is 0 Å². The maximum atomic E-state index is 12.6. The van der Waals surface area contributed by atoms with Gasteiger partial charge in [0.2, 0.25) is 11.8 Å². The Hall–Kier alpha value is -1.36. The third-order valence-electron chi connectivity index (χ3n) is 3.78. The lowest BCUT2D eigenvalue weighted by atomic mass is 9.95. The number of rotatable bonds is 4. The number of carbonyl (C=O) groups is 2. The van der Waals surface area contributed by atoms with Crippen LogP contribution in [0.2, 0.25) is 0 Å². The number of carbonyl (C=O) groups excluding carboxylic acids is 2. The highest BCUT2D eigenvalue weighted by Crippen LogP contribution is 2.22. The Morgan fingerprint density at radius 2 is 2.05 bits per heavy atom. The van der Waals surface area contributed by atoms with E-state index in [0.717, 1.165) is 10.0 Å². The second-order valence-corrected chi connectivity index (χ2v) is 6.67. The summed E-state index contributed by atoms with van der Waals surface area (Å²) in [5.74, 6) is 0.0427. The Morgan fingerprint density at radius 1 is 1.33 bits per heavy atom. The number of halogens is 1. The average molecular weight is 353 g/mol. The van der Waals surface area contributed by atoms with Crippen molar-refractivity contribution in [2.75, 3.05) is 0 Å². The van der Waals surface area contributed by atoms with E-state index in [9.17, 15) is 9.59 Å². The van der Waals surface area contributed by atoms with Crippen molar-refractivity contribution in [2.45, 2.75) is 45.8 Å². The molecule has 2 rings (SSSR count). The zero-order valence-electron chi connectivity index (χ0n) is 12.6. The molecule has 1 fully saturated rings. The van der Waals surface area contributed by atoms with E-state index in [0.29, 0.717) is 13.0 Å². The molecule has 0 radical (unpaired) electrons. The van der Waals surface area contributed by atoms with Crippen LogP contribution in [0.15, 0.2) is 28.7 Å². The lowest BCUT2D eigenvalue weighted by molar-refractivity contribution is -0.152. The fourth-order valence-corrected chi connectivity index (χ4v) is 3.19. The molecule has 1 aliphatic rings. The van der Waals surface area contributed by atoms with Crippen molar-refractivity contribution in [1.82, 2.24) is 10.2 Å². The van der Waals surface area contributed by atoms with E-state index in [1.165, 1.54) is 0 Å². The van der Waals surface area contributed by atoms with Crippen molar-refractivity contribution in [2.24, 2.45) is 5.92 Å². The molecule has 2 atom stereocenters. The second kappa shape index (κ2) is 6.60. The first-order chi connectivity index (χ1) is 9.93. The molecule has 1 N–H and O–H groups in total. The first-order valence-electron chi connectivity index (χ1n) is 7.29. The number of nitrogens with zero attached hydrogens (tertiary/aromatic N) is 1. The SMILES string of the molecule is CCC1NC(=O)C(C(C)C)N(Cc2cccc(Br)c2)C1=O. The highest BCUT2D eigenvalue weighted by molar-refractivity contribution is 9.10. The normalized spacial score (nSPS) is 22.6. The van der Waals surface area contributed by atoms with Gasteiger partial charge in [0.1, 0.15) is 12.1 Å². The molecule has 1 heterocycles. The van der Waals surface area contributed by atoms with Gasteiger partial charge in [-0.15, -0.1) is 0 Å². The molecule has 0 spiro atoms. The van der Waals surface area contributed by atoms with Crippen LogP contribution in [0.3, 0.4) is 0 Å². The molecule has 0 aromatic heterocycles. The molecule has 2 unspecified atom stereocenters. The van der Waals surface area contributed by atoms with Gasteiger partial charge >= 0.3 is 0 Å². The van der Waals surface area contributed by atoms with Gasteiger partial charge in [-0.05, 0) is 30.0 Å². The minimum atomic E-state index is -0.403. The summed E-state index contributed by atoms with van der Waals surface area (Å²) in [6.45, 7) is 6.32. The number of benzene rings is 1. The van der Waals surface area contributed by atoms with Gasteiger partial charge in [0, 0.05) is 11.0 Å². The van der Waals surface area contributed by atoms with E-state index in [-0.39, 0.29) is 17.7 Å². The molecule has 1 aliphatic heterocycles. The fraction of sp³-hybridized carbons (Fsp3) is 0.500. The van der Waals surface area contributed by atoms with Crippen molar-refractivity contribution in [3.05, 3.63) is 34.3 Å². The summed E-state index contributed by atoms with van der Waals surface area (Å²) in [5.41, 5.74) is 1.02. The van der Waals surface area contributed by atoms with E-state index < -0.39 is 12.1 Å². The Labute approximate surface area is 134 Å². The van der Waals surface area contributed by atoms with Crippen LogP contribution in [0.25, 0.3) is 0 Å². The van der Waals surface area contributed by atoms with Crippen molar-refractivity contribution in [1.29, 1.82) is 0 Å². The third kappa shape index (κ3) is 3.46. The summed E-state index contributed by atoms with van der Waals surface area (Å²) in [6, 6.07) is 7.04. The van der Waals surface area contributed by atoms with Gasteiger partial charge in [-0.3, -0.25) is 9.59 Å². The summed E-state index contributed by atoms with van der Waals surface area (Å²) < 4.78 is 0.974. The highest BCUT2D eigenvalue weighted by Gasteiger charge is 2.41. The van der Waals surface area contributed by atoms with Gasteiger partial charge in [0.25, 0.3) is 0 Å². The van der Waals surface area contributed by atoms with Crippen molar-refractivity contribution < 1.29 is 9.59 Å². The molecule has 1 saturated heterocycles. The van der Waals surface area contributed by atoms with Crippen LogP contribution in [0.5, 0.6) is 0 Å². The van der Waals surface area contributed by atoms with Gasteiger partial charge in [0.15, 0.2) is 0 Å². The Morgan fingerprint density at radius 3 is 2.62 bits per heavy atom. The monoisotopic (exact) mass is 352 g/mol. The maximum absolute atomic E-state index is 12.6. The zero-order chi connectivity index (χ0) is 15.6.